The summed E-state index contributed by atoms with van der Waals surface area (Å²) in [5.41, 5.74) is 2.31. The summed E-state index contributed by atoms with van der Waals surface area (Å²) in [5.74, 6) is 0.462. The van der Waals surface area contributed by atoms with Crippen LogP contribution >= 0.6 is 0 Å². The van der Waals surface area contributed by atoms with Crippen molar-refractivity contribution in [1.29, 1.82) is 0 Å². The highest BCUT2D eigenvalue weighted by Crippen LogP contribution is 2.36. The summed E-state index contributed by atoms with van der Waals surface area (Å²) in [4.78, 5) is 6.72. The fourth-order valence-electron chi connectivity index (χ4n) is 4.49. The highest BCUT2D eigenvalue weighted by Gasteiger charge is 2.33. The van der Waals surface area contributed by atoms with Gasteiger partial charge in [-0.2, -0.15) is 18.3 Å². The number of halogens is 3. The molecule has 1 fully saturated rings. The molecule has 170 valence electrons. The van der Waals surface area contributed by atoms with Gasteiger partial charge in [-0.3, -0.25) is 4.98 Å². The molecule has 0 unspecified atom stereocenters. The van der Waals surface area contributed by atoms with E-state index in [0.29, 0.717) is 22.6 Å². The van der Waals surface area contributed by atoms with Gasteiger partial charge in [-0.05, 0) is 56.9 Å². The minimum Gasteiger partial charge on any atom is -0.394 e. The number of nitrogens with zero attached hydrogens (tertiary/aromatic N) is 4. The van der Waals surface area contributed by atoms with Crippen molar-refractivity contribution in [2.45, 2.75) is 51.9 Å². The lowest BCUT2D eigenvalue weighted by atomic mass is 9.97. The Kier molecular flexibility index (Phi) is 5.94. The first-order chi connectivity index (χ1) is 15.2. The minimum atomic E-state index is -4.41. The van der Waals surface area contributed by atoms with Gasteiger partial charge in [0.1, 0.15) is 0 Å². The number of fused-ring (bicyclic) bond motifs is 1. The van der Waals surface area contributed by atoms with Gasteiger partial charge < -0.3 is 15.3 Å². The second-order valence-electron chi connectivity index (χ2n) is 8.28. The lowest BCUT2D eigenvalue weighted by Crippen LogP contribution is -2.32. The van der Waals surface area contributed by atoms with E-state index in [2.05, 4.69) is 25.4 Å². The molecule has 1 aliphatic rings. The number of rotatable bonds is 5. The highest BCUT2D eigenvalue weighted by molar-refractivity contribution is 5.92. The maximum Gasteiger partial charge on any atom is 0.416 e. The van der Waals surface area contributed by atoms with Gasteiger partial charge in [-0.25, -0.2) is 0 Å². The first-order valence-corrected chi connectivity index (χ1v) is 10.6. The monoisotopic (exact) mass is 445 g/mol. The van der Waals surface area contributed by atoms with Crippen LogP contribution in [0, 0.1) is 13.8 Å². The van der Waals surface area contributed by atoms with Gasteiger partial charge >= 0.3 is 6.18 Å². The predicted molar refractivity (Wildman–Crippen MR) is 118 cm³/mol. The summed E-state index contributed by atoms with van der Waals surface area (Å²) in [6.07, 6.45) is -0.726. The minimum absolute atomic E-state index is 0.0493. The Balaban J connectivity index is 1.72. The zero-order chi connectivity index (χ0) is 23.0. The zero-order valence-corrected chi connectivity index (χ0v) is 18.2. The van der Waals surface area contributed by atoms with Crippen molar-refractivity contribution in [1.82, 2.24) is 15.2 Å². The average molecular weight is 445 g/mol. The maximum atomic E-state index is 13.4. The van der Waals surface area contributed by atoms with Crippen molar-refractivity contribution in [3.63, 3.8) is 0 Å². The van der Waals surface area contributed by atoms with Crippen LogP contribution in [0.1, 0.15) is 48.2 Å². The number of hydrogen-bond acceptors (Lipinski definition) is 6. The number of aromatic nitrogens is 3. The van der Waals surface area contributed by atoms with E-state index in [1.54, 1.807) is 19.2 Å². The Bertz CT molecular complexity index is 1130. The largest absolute Gasteiger partial charge is 0.416 e. The molecule has 2 N–H and O–H groups in total. The van der Waals surface area contributed by atoms with Gasteiger partial charge in [0.15, 0.2) is 5.82 Å². The number of aliphatic hydroxyl groups is 1. The molecule has 0 radical (unpaired) electrons. The fourth-order valence-corrected chi connectivity index (χ4v) is 4.49. The average Bonchev–Trinajstić information content (AvgIpc) is 3.23. The van der Waals surface area contributed by atoms with Crippen LogP contribution in [0.4, 0.5) is 24.7 Å². The van der Waals surface area contributed by atoms with E-state index in [9.17, 15) is 18.3 Å². The van der Waals surface area contributed by atoms with Crippen LogP contribution in [-0.4, -0.2) is 39.5 Å². The normalized spacial score (nSPS) is 17.7. The molecule has 2 atom stereocenters. The van der Waals surface area contributed by atoms with Crippen LogP contribution in [-0.2, 0) is 6.18 Å². The number of alkyl halides is 3. The van der Waals surface area contributed by atoms with Crippen molar-refractivity contribution < 1.29 is 18.3 Å². The first-order valence-electron chi connectivity index (χ1n) is 10.6. The third kappa shape index (κ3) is 4.09. The highest BCUT2D eigenvalue weighted by atomic mass is 19.4. The Morgan fingerprint density at radius 3 is 2.75 bits per heavy atom. The summed E-state index contributed by atoms with van der Waals surface area (Å²) in [6, 6.07) is 5.78. The second-order valence-corrected chi connectivity index (χ2v) is 8.28. The number of benzene rings is 1. The Morgan fingerprint density at radius 2 is 2.03 bits per heavy atom. The van der Waals surface area contributed by atoms with E-state index in [0.717, 1.165) is 36.5 Å². The molecular formula is C23H26F3N5O. The van der Waals surface area contributed by atoms with E-state index in [1.165, 1.54) is 13.0 Å². The molecule has 9 heteroatoms. The van der Waals surface area contributed by atoms with Crippen molar-refractivity contribution in [2.24, 2.45) is 0 Å². The number of aryl methyl sites for hydroxylation is 1. The molecule has 0 saturated carbocycles. The molecule has 1 saturated heterocycles. The SMILES string of the molecule is Cc1c([C@@H](C)Nc2nnc(C)c3ncc(N4CCC[C@@H]4CO)cc23)cccc1C(F)(F)F. The zero-order valence-electron chi connectivity index (χ0n) is 18.2. The van der Waals surface area contributed by atoms with Crippen molar-refractivity contribution >= 4 is 22.4 Å². The van der Waals surface area contributed by atoms with Crippen LogP contribution in [0.15, 0.2) is 30.5 Å². The van der Waals surface area contributed by atoms with Gasteiger partial charge in [0.2, 0.25) is 0 Å². The van der Waals surface area contributed by atoms with Gasteiger partial charge in [-0.15, -0.1) is 5.10 Å². The third-order valence-electron chi connectivity index (χ3n) is 6.19. The topological polar surface area (TPSA) is 74.2 Å². The molecule has 32 heavy (non-hydrogen) atoms. The molecule has 0 aliphatic carbocycles. The number of hydrogen-bond donors (Lipinski definition) is 2. The molecular weight excluding hydrogens is 419 g/mol. The molecule has 3 heterocycles. The fraction of sp³-hybridized carbons (Fsp3) is 0.435. The predicted octanol–water partition coefficient (Wildman–Crippen LogP) is 4.79. The molecule has 0 bridgehead atoms. The van der Waals surface area contributed by atoms with Gasteiger partial charge in [-0.1, -0.05) is 12.1 Å². The van der Waals surface area contributed by atoms with Gasteiger partial charge in [0.05, 0.1) is 47.3 Å². The van der Waals surface area contributed by atoms with Gasteiger partial charge in [0.25, 0.3) is 0 Å². The molecule has 1 aromatic carbocycles. The third-order valence-corrected chi connectivity index (χ3v) is 6.19. The maximum absolute atomic E-state index is 13.4. The Morgan fingerprint density at radius 1 is 1.25 bits per heavy atom. The van der Waals surface area contributed by atoms with E-state index < -0.39 is 17.8 Å². The second kappa shape index (κ2) is 8.54. The number of nitrogens with one attached hydrogen (secondary N) is 1. The van der Waals surface area contributed by atoms with Crippen LogP contribution in [0.5, 0.6) is 0 Å². The Hall–Kier alpha value is -2.94. The summed E-state index contributed by atoms with van der Waals surface area (Å²) in [7, 11) is 0. The number of aliphatic hydroxyl groups excluding tert-OH is 1. The summed E-state index contributed by atoms with van der Waals surface area (Å²) < 4.78 is 40.1. The van der Waals surface area contributed by atoms with E-state index in [4.69, 9.17) is 0 Å². The van der Waals surface area contributed by atoms with Crippen LogP contribution < -0.4 is 10.2 Å². The van der Waals surface area contributed by atoms with Crippen LogP contribution in [0.2, 0.25) is 0 Å². The van der Waals surface area contributed by atoms with Crippen LogP contribution in [0.3, 0.4) is 0 Å². The lowest BCUT2D eigenvalue weighted by Gasteiger charge is -2.25. The Labute approximate surface area is 184 Å². The van der Waals surface area contributed by atoms with Gasteiger partial charge in [0, 0.05) is 11.9 Å². The molecule has 4 rings (SSSR count). The van der Waals surface area contributed by atoms with Crippen LogP contribution in [0.25, 0.3) is 10.9 Å². The standard InChI is InChI=1S/C23H26F3N5O/c1-13-18(7-4-8-20(13)23(24,25)26)14(2)28-22-19-10-17(31-9-5-6-16(31)12-32)11-27-21(19)15(3)29-30-22/h4,7-8,10-11,14,16,32H,5-6,9,12H2,1-3H3,(H,28,30)/t14-,16-/m1/s1. The number of pyridine rings is 1. The van der Waals surface area contributed by atoms with E-state index >= 15 is 0 Å². The molecule has 3 aromatic rings. The molecule has 0 amide bonds. The molecule has 1 aliphatic heterocycles. The van der Waals surface area contributed by atoms with E-state index in [-0.39, 0.29) is 18.2 Å². The lowest BCUT2D eigenvalue weighted by molar-refractivity contribution is -0.138. The van der Waals surface area contributed by atoms with E-state index in [1.807, 2.05) is 13.0 Å². The summed E-state index contributed by atoms with van der Waals surface area (Å²) in [5, 5.41) is 22.1. The number of anilines is 2. The smallest absolute Gasteiger partial charge is 0.394 e. The molecule has 0 spiro atoms. The molecule has 2 aromatic heterocycles. The van der Waals surface area contributed by atoms with Crippen molar-refractivity contribution in [2.75, 3.05) is 23.4 Å². The molecule has 6 nitrogen and oxygen atoms in total. The summed E-state index contributed by atoms with van der Waals surface area (Å²) in [6.45, 7) is 6.01. The van der Waals surface area contributed by atoms with Crippen molar-refractivity contribution in [3.8, 4) is 0 Å². The quantitative estimate of drug-likeness (QED) is 0.588. The van der Waals surface area contributed by atoms with Crippen molar-refractivity contribution in [3.05, 3.63) is 52.8 Å². The summed E-state index contributed by atoms with van der Waals surface area (Å²) >= 11 is 0. The first kappa shape index (κ1) is 22.3.